The lowest BCUT2D eigenvalue weighted by atomic mass is 10.2. The van der Waals surface area contributed by atoms with Crippen molar-refractivity contribution < 1.29 is 17.9 Å². The Morgan fingerprint density at radius 1 is 1.19 bits per heavy atom. The monoisotopic (exact) mass is 316 g/mol. The lowest BCUT2D eigenvalue weighted by Gasteiger charge is -2.35. The minimum Gasteiger partial charge on any atom is -0.399 e. The Hall–Kier alpha value is -1.23. The van der Waals surface area contributed by atoms with Gasteiger partial charge in [0.05, 0.1) is 11.1 Å². The normalized spacial score (nSPS) is 26.7. The van der Waals surface area contributed by atoms with E-state index in [2.05, 4.69) is 15.4 Å². The summed E-state index contributed by atoms with van der Waals surface area (Å²) in [5.41, 5.74) is 6.06. The number of methoxy groups -OCH3 is 2. The van der Waals surface area contributed by atoms with Gasteiger partial charge < -0.3 is 15.2 Å². The third kappa shape index (κ3) is 4.13. The van der Waals surface area contributed by atoms with Gasteiger partial charge in [0.2, 0.25) is 10.0 Å². The molecular weight excluding hydrogens is 296 g/mol. The number of rotatable bonds is 5. The second-order valence-electron chi connectivity index (χ2n) is 4.65. The Kier molecular flexibility index (Phi) is 5.14. The molecule has 1 aliphatic heterocycles. The summed E-state index contributed by atoms with van der Waals surface area (Å²) in [4.78, 5) is 0.153. The molecule has 0 aromatic heterocycles. The third-order valence-electron chi connectivity index (χ3n) is 3.15. The largest absolute Gasteiger partial charge is 0.399 e. The number of nitrogen functional groups attached to an aromatic ring is 1. The van der Waals surface area contributed by atoms with Gasteiger partial charge in [0.1, 0.15) is 6.23 Å². The smallest absolute Gasteiger partial charge is 0.241 e. The van der Waals surface area contributed by atoms with Gasteiger partial charge in [0.25, 0.3) is 0 Å². The number of sulfonamides is 1. The minimum atomic E-state index is -3.65. The summed E-state index contributed by atoms with van der Waals surface area (Å²) < 4.78 is 37.5. The van der Waals surface area contributed by atoms with Crippen molar-refractivity contribution in [2.75, 3.05) is 20.0 Å². The van der Waals surface area contributed by atoms with E-state index in [1.54, 1.807) is 19.2 Å². The standard InChI is InChI=1S/C12H20N4O4S/c1-19-11-7-10(14-12(15-11)20-2)16-21(17,18)9-5-3-8(13)4-6-9/h3-6,10-12,14-16H,7,13H2,1-2H3. The zero-order chi connectivity index (χ0) is 15.5. The van der Waals surface area contributed by atoms with E-state index < -0.39 is 22.5 Å². The van der Waals surface area contributed by atoms with Gasteiger partial charge in [-0.2, -0.15) is 4.72 Å². The van der Waals surface area contributed by atoms with Gasteiger partial charge in [0, 0.05) is 26.3 Å². The number of nitrogens with one attached hydrogen (secondary N) is 3. The van der Waals surface area contributed by atoms with E-state index in [-0.39, 0.29) is 11.1 Å². The van der Waals surface area contributed by atoms with Crippen LogP contribution >= 0.6 is 0 Å². The number of benzene rings is 1. The van der Waals surface area contributed by atoms with Crippen molar-refractivity contribution in [3.63, 3.8) is 0 Å². The predicted octanol–water partition coefficient (Wildman–Crippen LogP) is -0.641. The molecule has 1 fully saturated rings. The molecule has 5 N–H and O–H groups in total. The van der Waals surface area contributed by atoms with Crippen LogP contribution in [0.3, 0.4) is 0 Å². The van der Waals surface area contributed by atoms with E-state index in [1.807, 2.05) is 0 Å². The third-order valence-corrected chi connectivity index (χ3v) is 4.64. The Bertz CT molecular complexity index is 551. The van der Waals surface area contributed by atoms with Crippen molar-refractivity contribution >= 4 is 15.7 Å². The molecule has 1 aliphatic rings. The summed E-state index contributed by atoms with van der Waals surface area (Å²) in [5, 5.41) is 5.99. The van der Waals surface area contributed by atoms with E-state index in [9.17, 15) is 8.42 Å². The average Bonchev–Trinajstić information content (AvgIpc) is 2.46. The van der Waals surface area contributed by atoms with Crippen LogP contribution in [-0.2, 0) is 19.5 Å². The highest BCUT2D eigenvalue weighted by Crippen LogP contribution is 2.14. The zero-order valence-electron chi connectivity index (χ0n) is 11.9. The number of nitrogens with two attached hydrogens (primary N) is 1. The fourth-order valence-corrected chi connectivity index (χ4v) is 3.20. The molecule has 0 aliphatic carbocycles. The van der Waals surface area contributed by atoms with Crippen molar-refractivity contribution in [3.8, 4) is 0 Å². The maximum Gasteiger partial charge on any atom is 0.241 e. The summed E-state index contributed by atoms with van der Waals surface area (Å²) in [6.45, 7) is 0. The fraction of sp³-hybridized carbons (Fsp3) is 0.500. The zero-order valence-corrected chi connectivity index (χ0v) is 12.7. The van der Waals surface area contributed by atoms with Crippen LogP contribution in [0.1, 0.15) is 6.42 Å². The maximum atomic E-state index is 12.3. The second-order valence-corrected chi connectivity index (χ2v) is 6.37. The first-order valence-electron chi connectivity index (χ1n) is 6.40. The lowest BCUT2D eigenvalue weighted by molar-refractivity contribution is -0.0669. The Labute approximate surface area is 124 Å². The molecule has 9 heteroatoms. The summed E-state index contributed by atoms with van der Waals surface area (Å²) in [7, 11) is -0.596. The highest BCUT2D eigenvalue weighted by atomic mass is 32.2. The molecular formula is C12H20N4O4S. The van der Waals surface area contributed by atoms with Crippen molar-refractivity contribution in [2.45, 2.75) is 30.1 Å². The highest BCUT2D eigenvalue weighted by Gasteiger charge is 2.30. The van der Waals surface area contributed by atoms with Crippen molar-refractivity contribution in [1.29, 1.82) is 0 Å². The SMILES string of the molecule is COC1CC(NS(=O)(=O)c2ccc(N)cc2)NC(OC)N1. The number of anilines is 1. The molecule has 3 atom stereocenters. The van der Waals surface area contributed by atoms with Gasteiger partial charge in [-0.05, 0) is 24.3 Å². The summed E-state index contributed by atoms with van der Waals surface area (Å²) in [6.07, 6.45) is -0.897. The van der Waals surface area contributed by atoms with Gasteiger partial charge in [-0.3, -0.25) is 10.6 Å². The number of hydrogen-bond acceptors (Lipinski definition) is 7. The van der Waals surface area contributed by atoms with E-state index in [1.165, 1.54) is 19.2 Å². The molecule has 3 unspecified atom stereocenters. The summed E-state index contributed by atoms with van der Waals surface area (Å²) in [6, 6.07) is 6.00. The van der Waals surface area contributed by atoms with E-state index in [4.69, 9.17) is 15.2 Å². The topological polar surface area (TPSA) is 115 Å². The van der Waals surface area contributed by atoms with Gasteiger partial charge >= 0.3 is 0 Å². The molecule has 118 valence electrons. The minimum absolute atomic E-state index is 0.153. The Balaban J connectivity index is 2.10. The van der Waals surface area contributed by atoms with Crippen LogP contribution in [0.5, 0.6) is 0 Å². The van der Waals surface area contributed by atoms with Crippen LogP contribution < -0.4 is 21.1 Å². The van der Waals surface area contributed by atoms with E-state index in [0.29, 0.717) is 12.1 Å². The molecule has 8 nitrogen and oxygen atoms in total. The summed E-state index contributed by atoms with van der Waals surface area (Å²) >= 11 is 0. The Morgan fingerprint density at radius 2 is 1.86 bits per heavy atom. The molecule has 1 aromatic carbocycles. The van der Waals surface area contributed by atoms with E-state index >= 15 is 0 Å². The van der Waals surface area contributed by atoms with Gasteiger partial charge in [0.15, 0.2) is 6.35 Å². The van der Waals surface area contributed by atoms with Crippen LogP contribution in [0, 0.1) is 0 Å². The summed E-state index contributed by atoms with van der Waals surface area (Å²) in [5.74, 6) is 0. The molecule has 21 heavy (non-hydrogen) atoms. The molecule has 2 rings (SSSR count). The maximum absolute atomic E-state index is 12.3. The average molecular weight is 316 g/mol. The van der Waals surface area contributed by atoms with E-state index in [0.717, 1.165) is 0 Å². The number of ether oxygens (including phenoxy) is 2. The number of hydrogen-bond donors (Lipinski definition) is 4. The van der Waals surface area contributed by atoms with Crippen molar-refractivity contribution in [2.24, 2.45) is 0 Å². The first kappa shape index (κ1) is 16.1. The lowest BCUT2D eigenvalue weighted by Crippen LogP contribution is -2.63. The first-order chi connectivity index (χ1) is 9.94. The van der Waals surface area contributed by atoms with Gasteiger partial charge in [-0.15, -0.1) is 0 Å². The highest BCUT2D eigenvalue weighted by molar-refractivity contribution is 7.89. The first-order valence-corrected chi connectivity index (χ1v) is 7.88. The molecule has 0 radical (unpaired) electrons. The van der Waals surface area contributed by atoms with Crippen molar-refractivity contribution in [1.82, 2.24) is 15.4 Å². The van der Waals surface area contributed by atoms with Crippen molar-refractivity contribution in [3.05, 3.63) is 24.3 Å². The molecule has 0 amide bonds. The van der Waals surface area contributed by atoms with Crippen LogP contribution in [0.15, 0.2) is 29.2 Å². The van der Waals surface area contributed by atoms with Crippen LogP contribution in [0.25, 0.3) is 0 Å². The second kappa shape index (κ2) is 6.69. The van der Waals surface area contributed by atoms with Gasteiger partial charge in [-0.1, -0.05) is 0 Å². The fourth-order valence-electron chi connectivity index (χ4n) is 2.03. The molecule has 0 bridgehead atoms. The quantitative estimate of drug-likeness (QED) is 0.534. The molecule has 1 aromatic rings. The molecule has 1 saturated heterocycles. The predicted molar refractivity (Wildman–Crippen MR) is 77.4 cm³/mol. The Morgan fingerprint density at radius 3 is 2.43 bits per heavy atom. The molecule has 1 heterocycles. The van der Waals surface area contributed by atoms with Crippen LogP contribution in [-0.4, -0.2) is 41.4 Å². The molecule has 0 spiro atoms. The van der Waals surface area contributed by atoms with Crippen LogP contribution in [0.2, 0.25) is 0 Å². The van der Waals surface area contributed by atoms with Crippen LogP contribution in [0.4, 0.5) is 5.69 Å². The van der Waals surface area contributed by atoms with Gasteiger partial charge in [-0.25, -0.2) is 8.42 Å². The molecule has 0 saturated carbocycles.